The third-order valence-corrected chi connectivity index (χ3v) is 4.03. The second-order valence-electron chi connectivity index (χ2n) is 5.44. The van der Waals surface area contributed by atoms with Crippen LogP contribution in [0, 0.1) is 20.8 Å². The van der Waals surface area contributed by atoms with E-state index >= 15 is 0 Å². The first-order chi connectivity index (χ1) is 9.58. The van der Waals surface area contributed by atoms with E-state index in [1.54, 1.807) is 0 Å². The van der Waals surface area contributed by atoms with E-state index in [1.807, 2.05) is 11.6 Å². The Morgan fingerprint density at radius 2 is 2.05 bits per heavy atom. The van der Waals surface area contributed by atoms with Crippen molar-refractivity contribution in [1.29, 1.82) is 0 Å². The van der Waals surface area contributed by atoms with Gasteiger partial charge in [-0.15, -0.1) is 0 Å². The SMILES string of the molecule is Cc1nn(CCNC(=O)NC2CCNCC2)c(C)c1C. The van der Waals surface area contributed by atoms with Crippen LogP contribution >= 0.6 is 0 Å². The second kappa shape index (κ2) is 6.74. The summed E-state index contributed by atoms with van der Waals surface area (Å²) in [6, 6.07) is 0.224. The summed E-state index contributed by atoms with van der Waals surface area (Å²) in [4.78, 5) is 11.8. The quantitative estimate of drug-likeness (QED) is 0.765. The Balaban J connectivity index is 1.72. The maximum absolute atomic E-state index is 11.8. The monoisotopic (exact) mass is 279 g/mol. The van der Waals surface area contributed by atoms with Crippen LogP contribution in [0.5, 0.6) is 0 Å². The van der Waals surface area contributed by atoms with Crippen LogP contribution in [0.25, 0.3) is 0 Å². The third kappa shape index (κ3) is 3.72. The van der Waals surface area contributed by atoms with Crippen LogP contribution in [-0.2, 0) is 6.54 Å². The van der Waals surface area contributed by atoms with Crippen LogP contribution in [0.15, 0.2) is 0 Å². The lowest BCUT2D eigenvalue weighted by molar-refractivity contribution is 0.233. The number of aryl methyl sites for hydroxylation is 1. The van der Waals surface area contributed by atoms with E-state index in [-0.39, 0.29) is 6.03 Å². The van der Waals surface area contributed by atoms with Gasteiger partial charge in [0.25, 0.3) is 0 Å². The molecule has 1 aromatic heterocycles. The summed E-state index contributed by atoms with van der Waals surface area (Å²) in [6.07, 6.45) is 2.01. The van der Waals surface area contributed by atoms with Gasteiger partial charge in [-0.05, 0) is 52.3 Å². The van der Waals surface area contributed by atoms with E-state index in [4.69, 9.17) is 0 Å². The summed E-state index contributed by atoms with van der Waals surface area (Å²) < 4.78 is 1.95. The lowest BCUT2D eigenvalue weighted by atomic mass is 10.1. The van der Waals surface area contributed by atoms with Crippen LogP contribution in [-0.4, -0.2) is 41.5 Å². The van der Waals surface area contributed by atoms with Crippen LogP contribution in [0.1, 0.15) is 29.8 Å². The van der Waals surface area contributed by atoms with E-state index in [0.717, 1.165) is 31.6 Å². The van der Waals surface area contributed by atoms with E-state index in [1.165, 1.54) is 11.3 Å². The molecule has 0 aromatic carbocycles. The van der Waals surface area contributed by atoms with Gasteiger partial charge in [-0.25, -0.2) is 4.79 Å². The van der Waals surface area contributed by atoms with E-state index in [9.17, 15) is 4.79 Å². The number of nitrogens with zero attached hydrogens (tertiary/aromatic N) is 2. The Kier molecular flexibility index (Phi) is 5.00. The van der Waals surface area contributed by atoms with Gasteiger partial charge < -0.3 is 16.0 Å². The predicted octanol–water partition coefficient (Wildman–Crippen LogP) is 0.860. The normalized spacial score (nSPS) is 16.1. The van der Waals surface area contributed by atoms with Crippen LogP contribution in [0.2, 0.25) is 0 Å². The van der Waals surface area contributed by atoms with Gasteiger partial charge in [0.05, 0.1) is 12.2 Å². The molecule has 0 atom stereocenters. The largest absolute Gasteiger partial charge is 0.336 e. The molecule has 6 nitrogen and oxygen atoms in total. The number of amides is 2. The molecule has 20 heavy (non-hydrogen) atoms. The summed E-state index contributed by atoms with van der Waals surface area (Å²) in [6.45, 7) is 9.41. The average molecular weight is 279 g/mol. The van der Waals surface area contributed by atoms with Crippen molar-refractivity contribution in [3.8, 4) is 0 Å². The first-order valence-electron chi connectivity index (χ1n) is 7.33. The van der Waals surface area contributed by atoms with Crippen molar-refractivity contribution >= 4 is 6.03 Å². The van der Waals surface area contributed by atoms with Gasteiger partial charge >= 0.3 is 6.03 Å². The number of rotatable bonds is 4. The maximum atomic E-state index is 11.8. The predicted molar refractivity (Wildman–Crippen MR) is 78.9 cm³/mol. The molecule has 2 heterocycles. The number of aromatic nitrogens is 2. The first kappa shape index (κ1) is 14.8. The van der Waals surface area contributed by atoms with Crippen molar-refractivity contribution < 1.29 is 4.79 Å². The van der Waals surface area contributed by atoms with Crippen LogP contribution < -0.4 is 16.0 Å². The Morgan fingerprint density at radius 1 is 1.35 bits per heavy atom. The van der Waals surface area contributed by atoms with Crippen molar-refractivity contribution in [2.24, 2.45) is 0 Å². The van der Waals surface area contributed by atoms with Crippen molar-refractivity contribution in [1.82, 2.24) is 25.7 Å². The molecule has 0 bridgehead atoms. The summed E-state index contributed by atoms with van der Waals surface area (Å²) >= 11 is 0. The average Bonchev–Trinajstić information content (AvgIpc) is 2.67. The van der Waals surface area contributed by atoms with Gasteiger partial charge in [-0.2, -0.15) is 5.10 Å². The molecule has 1 saturated heterocycles. The highest BCUT2D eigenvalue weighted by molar-refractivity contribution is 5.74. The molecule has 0 spiro atoms. The molecule has 1 aliphatic rings. The molecule has 0 saturated carbocycles. The Hall–Kier alpha value is -1.56. The Labute approximate surface area is 120 Å². The van der Waals surface area contributed by atoms with Gasteiger partial charge in [-0.3, -0.25) is 4.68 Å². The number of urea groups is 1. The Morgan fingerprint density at radius 3 is 2.65 bits per heavy atom. The fraction of sp³-hybridized carbons (Fsp3) is 0.714. The Bertz CT molecular complexity index is 462. The molecule has 6 heteroatoms. The zero-order valence-corrected chi connectivity index (χ0v) is 12.6. The number of carbonyl (C=O) groups is 1. The van der Waals surface area contributed by atoms with Gasteiger partial charge in [0, 0.05) is 18.3 Å². The van der Waals surface area contributed by atoms with E-state index in [2.05, 4.69) is 34.9 Å². The van der Waals surface area contributed by atoms with Gasteiger partial charge in [-0.1, -0.05) is 0 Å². The van der Waals surface area contributed by atoms with Gasteiger partial charge in [0.1, 0.15) is 0 Å². The maximum Gasteiger partial charge on any atom is 0.315 e. The minimum absolute atomic E-state index is 0.0739. The minimum Gasteiger partial charge on any atom is -0.336 e. The fourth-order valence-corrected chi connectivity index (χ4v) is 2.48. The molecule has 3 N–H and O–H groups in total. The highest BCUT2D eigenvalue weighted by Crippen LogP contribution is 2.10. The molecule has 1 fully saturated rings. The van der Waals surface area contributed by atoms with Crippen molar-refractivity contribution in [3.63, 3.8) is 0 Å². The number of hydrogen-bond acceptors (Lipinski definition) is 3. The summed E-state index contributed by atoms with van der Waals surface area (Å²) in [5, 5.41) is 13.7. The fourth-order valence-electron chi connectivity index (χ4n) is 2.48. The minimum atomic E-state index is -0.0739. The molecule has 0 unspecified atom stereocenters. The molecule has 2 amide bonds. The molecule has 2 rings (SSSR count). The van der Waals surface area contributed by atoms with Crippen LogP contribution in [0.4, 0.5) is 4.79 Å². The van der Waals surface area contributed by atoms with Crippen molar-refractivity contribution in [2.45, 2.75) is 46.2 Å². The lowest BCUT2D eigenvalue weighted by Gasteiger charge is -2.23. The van der Waals surface area contributed by atoms with Gasteiger partial charge in [0.15, 0.2) is 0 Å². The number of nitrogens with one attached hydrogen (secondary N) is 3. The summed E-state index contributed by atoms with van der Waals surface area (Å²) in [5.74, 6) is 0. The highest BCUT2D eigenvalue weighted by atomic mass is 16.2. The third-order valence-electron chi connectivity index (χ3n) is 4.03. The van der Waals surface area contributed by atoms with E-state index < -0.39 is 0 Å². The molecule has 1 aromatic rings. The molecular formula is C14H25N5O. The highest BCUT2D eigenvalue weighted by Gasteiger charge is 2.15. The number of piperidine rings is 1. The van der Waals surface area contributed by atoms with Crippen molar-refractivity contribution in [2.75, 3.05) is 19.6 Å². The molecule has 0 radical (unpaired) electrons. The molecule has 0 aliphatic carbocycles. The smallest absolute Gasteiger partial charge is 0.315 e. The first-order valence-corrected chi connectivity index (χ1v) is 7.33. The molecule has 112 valence electrons. The number of carbonyl (C=O) groups excluding carboxylic acids is 1. The summed E-state index contributed by atoms with van der Waals surface area (Å²) in [7, 11) is 0. The molecule has 1 aliphatic heterocycles. The standard InChI is InChI=1S/C14H25N5O/c1-10-11(2)18-19(12(10)3)9-8-16-14(20)17-13-4-6-15-7-5-13/h13,15H,4-9H2,1-3H3,(H2,16,17,20). The topological polar surface area (TPSA) is 71.0 Å². The van der Waals surface area contributed by atoms with Crippen LogP contribution in [0.3, 0.4) is 0 Å². The van der Waals surface area contributed by atoms with Gasteiger partial charge in [0.2, 0.25) is 0 Å². The summed E-state index contributed by atoms with van der Waals surface area (Å²) in [5.41, 5.74) is 3.45. The zero-order chi connectivity index (χ0) is 14.5. The zero-order valence-electron chi connectivity index (χ0n) is 12.6. The second-order valence-corrected chi connectivity index (χ2v) is 5.44. The lowest BCUT2D eigenvalue weighted by Crippen LogP contribution is -2.47. The number of hydrogen-bond donors (Lipinski definition) is 3. The van der Waals surface area contributed by atoms with Crippen molar-refractivity contribution in [3.05, 3.63) is 17.0 Å². The van der Waals surface area contributed by atoms with E-state index in [0.29, 0.717) is 19.1 Å². The molecular weight excluding hydrogens is 254 g/mol.